The molecule has 0 bridgehead atoms. The molecule has 0 heteroatoms. The van der Waals surface area contributed by atoms with Crippen LogP contribution in [-0.4, -0.2) is 0 Å². The highest BCUT2D eigenvalue weighted by atomic mass is 14.2. The molecule has 0 heterocycles. The van der Waals surface area contributed by atoms with Gasteiger partial charge in [-0.2, -0.15) is 0 Å². The van der Waals surface area contributed by atoms with Gasteiger partial charge < -0.3 is 0 Å². The van der Waals surface area contributed by atoms with Gasteiger partial charge in [-0.15, -0.1) is 0 Å². The van der Waals surface area contributed by atoms with E-state index < -0.39 is 0 Å². The van der Waals surface area contributed by atoms with Gasteiger partial charge >= 0.3 is 0 Å². The number of rotatable bonds is 11. The van der Waals surface area contributed by atoms with Crippen molar-refractivity contribution in [2.24, 2.45) is 0 Å². The fourth-order valence-corrected chi connectivity index (χ4v) is 6.74. The average molecular weight is 801 g/mol. The Bertz CT molecular complexity index is 2270. The van der Waals surface area contributed by atoms with Crippen molar-refractivity contribution >= 4 is 18.2 Å². The topological polar surface area (TPSA) is 0 Å². The van der Waals surface area contributed by atoms with Crippen LogP contribution in [0, 0.1) is 13.8 Å². The van der Waals surface area contributed by atoms with E-state index in [9.17, 15) is 0 Å². The van der Waals surface area contributed by atoms with Crippen LogP contribution < -0.4 is 0 Å². The highest BCUT2D eigenvalue weighted by Gasteiger charge is 2.12. The molecule has 5 aromatic carbocycles. The van der Waals surface area contributed by atoms with Crippen molar-refractivity contribution in [2.45, 2.75) is 87.5 Å². The molecule has 2 aliphatic carbocycles. The third-order valence-corrected chi connectivity index (χ3v) is 10.4. The molecule has 61 heavy (non-hydrogen) atoms. The van der Waals surface area contributed by atoms with Crippen molar-refractivity contribution in [3.05, 3.63) is 266 Å². The van der Waals surface area contributed by atoms with E-state index in [4.69, 9.17) is 0 Å². The Balaban J connectivity index is 0.000000192. The summed E-state index contributed by atoms with van der Waals surface area (Å²) in [6, 6.07) is 43.9. The minimum Gasteiger partial charge on any atom is -0.0877 e. The zero-order valence-electron chi connectivity index (χ0n) is 38.2. The molecule has 312 valence electrons. The Morgan fingerprint density at radius 1 is 0.361 bits per heavy atom. The summed E-state index contributed by atoms with van der Waals surface area (Å²) in [6.45, 7) is 16.9. The number of benzene rings is 5. The van der Waals surface area contributed by atoms with Gasteiger partial charge in [0.1, 0.15) is 0 Å². The zero-order valence-corrected chi connectivity index (χ0v) is 38.2. The summed E-state index contributed by atoms with van der Waals surface area (Å²) in [5, 5.41) is 0. The molecule has 0 amide bonds. The fraction of sp³-hybridized carbons (Fsp3) is 0.213. The van der Waals surface area contributed by atoms with Crippen molar-refractivity contribution in [3.63, 3.8) is 0 Å². The predicted molar refractivity (Wildman–Crippen MR) is 272 cm³/mol. The lowest BCUT2D eigenvalue weighted by Crippen LogP contribution is -1.92. The average Bonchev–Trinajstić information content (AvgIpc) is 3.93. The van der Waals surface area contributed by atoms with Crippen LogP contribution in [0.15, 0.2) is 210 Å². The van der Waals surface area contributed by atoms with E-state index in [-0.39, 0.29) is 0 Å². The molecule has 0 fully saturated rings. The molecule has 0 nitrogen and oxygen atoms in total. The Kier molecular flexibility index (Phi) is 20.8. The largest absolute Gasteiger partial charge is 0.0877 e. The SMILES string of the molecule is C/C=C/C=C/C=C/C.C/C=C/c1ccc(/C=C/c2ccc(C)cc2)cc1.CC1=CC=C(C2=CC=C(C)C2)C1.CCc1ccc(Cc2ccc(Cc3ccc(C)cc3)cc2)cc1. The van der Waals surface area contributed by atoms with Crippen molar-refractivity contribution < 1.29 is 0 Å². The van der Waals surface area contributed by atoms with Crippen LogP contribution in [0.1, 0.15) is 110 Å². The first-order valence-electron chi connectivity index (χ1n) is 22.0. The summed E-state index contributed by atoms with van der Waals surface area (Å²) in [6.07, 6.45) is 34.8. The van der Waals surface area contributed by atoms with Crippen molar-refractivity contribution in [3.8, 4) is 0 Å². The van der Waals surface area contributed by atoms with E-state index in [1.165, 1.54) is 77.9 Å². The molecule has 0 N–H and O–H groups in total. The van der Waals surface area contributed by atoms with Gasteiger partial charge in [-0.25, -0.2) is 0 Å². The summed E-state index contributed by atoms with van der Waals surface area (Å²) in [7, 11) is 0. The molecule has 2 aliphatic rings. The van der Waals surface area contributed by atoms with Crippen LogP contribution in [0.3, 0.4) is 0 Å². The third-order valence-electron chi connectivity index (χ3n) is 10.4. The molecular formula is C61H68. The Morgan fingerprint density at radius 2 is 0.689 bits per heavy atom. The van der Waals surface area contributed by atoms with Crippen LogP contribution in [0.4, 0.5) is 0 Å². The first-order chi connectivity index (χ1) is 29.7. The molecule has 0 unspecified atom stereocenters. The minimum absolute atomic E-state index is 1.01. The molecule has 0 saturated heterocycles. The summed E-state index contributed by atoms with van der Waals surface area (Å²) in [5.41, 5.74) is 19.2. The van der Waals surface area contributed by atoms with E-state index in [0.29, 0.717) is 0 Å². The van der Waals surface area contributed by atoms with Crippen LogP contribution >= 0.6 is 0 Å². The predicted octanol–water partition coefficient (Wildman–Crippen LogP) is 17.2. The molecule has 0 aliphatic heterocycles. The molecule has 7 rings (SSSR count). The van der Waals surface area contributed by atoms with E-state index in [1.807, 2.05) is 57.2 Å². The van der Waals surface area contributed by atoms with E-state index >= 15 is 0 Å². The molecule has 0 radical (unpaired) electrons. The Labute approximate surface area is 370 Å². The highest BCUT2D eigenvalue weighted by molar-refractivity contribution is 5.70. The minimum atomic E-state index is 1.01. The summed E-state index contributed by atoms with van der Waals surface area (Å²) in [4.78, 5) is 0. The van der Waals surface area contributed by atoms with Crippen molar-refractivity contribution in [1.29, 1.82) is 0 Å². The monoisotopic (exact) mass is 801 g/mol. The zero-order chi connectivity index (χ0) is 43.7. The summed E-state index contributed by atoms with van der Waals surface area (Å²) < 4.78 is 0. The maximum absolute atomic E-state index is 2.26. The van der Waals surface area contributed by atoms with Crippen molar-refractivity contribution in [2.75, 3.05) is 0 Å². The molecule has 0 atom stereocenters. The van der Waals surface area contributed by atoms with Gasteiger partial charge in [-0.1, -0.05) is 236 Å². The van der Waals surface area contributed by atoms with Crippen LogP contribution in [0.2, 0.25) is 0 Å². The van der Waals surface area contributed by atoms with Gasteiger partial charge in [0.05, 0.1) is 0 Å². The lowest BCUT2D eigenvalue weighted by molar-refractivity contribution is 1.09. The molecule has 0 saturated carbocycles. The summed E-state index contributed by atoms with van der Waals surface area (Å²) >= 11 is 0. The van der Waals surface area contributed by atoms with Gasteiger partial charge in [0.15, 0.2) is 0 Å². The second-order valence-corrected chi connectivity index (χ2v) is 15.9. The number of aryl methyl sites for hydroxylation is 3. The first-order valence-corrected chi connectivity index (χ1v) is 22.0. The fourth-order valence-electron chi connectivity index (χ4n) is 6.74. The normalized spacial score (nSPS) is 13.4. The van der Waals surface area contributed by atoms with Crippen molar-refractivity contribution in [1.82, 2.24) is 0 Å². The molecule has 5 aromatic rings. The van der Waals surface area contributed by atoms with Gasteiger partial charge in [0.25, 0.3) is 0 Å². The molecular weight excluding hydrogens is 733 g/mol. The maximum Gasteiger partial charge on any atom is -0.00258 e. The van der Waals surface area contributed by atoms with Crippen LogP contribution in [0.5, 0.6) is 0 Å². The van der Waals surface area contributed by atoms with E-state index in [1.54, 1.807) is 0 Å². The lowest BCUT2D eigenvalue weighted by Gasteiger charge is -2.06. The molecule has 0 spiro atoms. The van der Waals surface area contributed by atoms with E-state index in [0.717, 1.165) is 32.1 Å². The number of hydrogen-bond acceptors (Lipinski definition) is 0. The lowest BCUT2D eigenvalue weighted by atomic mass is 9.99. The maximum atomic E-state index is 2.26. The van der Waals surface area contributed by atoms with Gasteiger partial charge in [-0.3, -0.25) is 0 Å². The Morgan fingerprint density at radius 3 is 1.02 bits per heavy atom. The molecule has 0 aromatic heterocycles. The van der Waals surface area contributed by atoms with Gasteiger partial charge in [0, 0.05) is 0 Å². The third kappa shape index (κ3) is 18.3. The number of allylic oxidation sites excluding steroid dienone is 15. The smallest absolute Gasteiger partial charge is 0.00258 e. The van der Waals surface area contributed by atoms with E-state index in [2.05, 4.69) is 205 Å². The second kappa shape index (κ2) is 26.8. The highest BCUT2D eigenvalue weighted by Crippen LogP contribution is 2.31. The number of hydrogen-bond donors (Lipinski definition) is 0. The Hall–Kier alpha value is -6.24. The van der Waals surface area contributed by atoms with Crippen LogP contribution in [-0.2, 0) is 19.3 Å². The first kappa shape index (κ1) is 47.4. The second-order valence-electron chi connectivity index (χ2n) is 15.9. The van der Waals surface area contributed by atoms with Crippen LogP contribution in [0.25, 0.3) is 18.2 Å². The standard InChI is InChI=1S/C23H24.C18H18.C12H14.C8H12/c1-3-19-8-10-21(11-9-19)17-23-14-12-22(13-15-23)16-20-6-4-18(2)5-7-20;1-3-4-16-9-11-18(12-10-16)14-13-17-7-5-15(2)6-8-17;1-9-3-5-11(7-9)12-6-4-10(2)8-12;1-3-5-7-8-6-4-2/h4-15H,3,16-17H2,1-2H3;3-14H,1-2H3;3-6H,7-8H2,1-2H3;3-8H,1-2H3/b;4-3+,14-13+;;5-3+,6-4+,8-7+. The van der Waals surface area contributed by atoms with Gasteiger partial charge in [0.2, 0.25) is 0 Å². The summed E-state index contributed by atoms with van der Waals surface area (Å²) in [5.74, 6) is 0. The van der Waals surface area contributed by atoms with Gasteiger partial charge in [-0.05, 0) is 136 Å². The quantitative estimate of drug-likeness (QED) is 0.0922.